The molecule has 0 spiro atoms. The van der Waals surface area contributed by atoms with E-state index in [1.165, 1.54) is 44.5 Å². The summed E-state index contributed by atoms with van der Waals surface area (Å²) in [6.07, 6.45) is 7.80. The molecular weight excluding hydrogens is 820 g/mol. The van der Waals surface area contributed by atoms with E-state index in [-0.39, 0.29) is 21.1 Å². The van der Waals surface area contributed by atoms with E-state index in [4.69, 9.17) is 14.7 Å². The van der Waals surface area contributed by atoms with Crippen molar-refractivity contribution in [3.8, 4) is 33.8 Å². The summed E-state index contributed by atoms with van der Waals surface area (Å²) in [5.41, 5.74) is 13.9. The third-order valence-electron chi connectivity index (χ3n) is 10.4. The molecule has 4 heterocycles. The van der Waals surface area contributed by atoms with E-state index in [9.17, 15) is 0 Å². The van der Waals surface area contributed by atoms with Crippen LogP contribution in [0.2, 0.25) is 0 Å². The molecule has 0 saturated heterocycles. The van der Waals surface area contributed by atoms with E-state index in [2.05, 4.69) is 134 Å². The molecule has 252 valence electrons. The van der Waals surface area contributed by atoms with Crippen LogP contribution in [0.4, 0.5) is 0 Å². The molecule has 0 aliphatic heterocycles. The zero-order chi connectivity index (χ0) is 34.4. The van der Waals surface area contributed by atoms with E-state index in [1.807, 2.05) is 36.9 Å². The topological polar surface area (TPSA) is 43.8 Å². The van der Waals surface area contributed by atoms with E-state index in [0.717, 1.165) is 54.6 Å². The van der Waals surface area contributed by atoms with Gasteiger partial charge in [0.2, 0.25) is 0 Å². The number of para-hydroxylation sites is 2. The first kappa shape index (κ1) is 32.2. The molecule has 0 unspecified atom stereocenters. The van der Waals surface area contributed by atoms with Crippen LogP contribution in [0.25, 0.3) is 76.9 Å². The Morgan fingerprint density at radius 3 is 1.31 bits per heavy atom. The van der Waals surface area contributed by atoms with Gasteiger partial charge in [-0.05, 0) is 71.8 Å². The van der Waals surface area contributed by atoms with Gasteiger partial charge in [0.1, 0.15) is 0 Å². The molecule has 5 nitrogen and oxygen atoms in total. The molecule has 0 fully saturated rings. The number of imidazole rings is 2. The largest absolute Gasteiger partial charge is 2.00 e. The molecule has 6 heteroatoms. The van der Waals surface area contributed by atoms with Gasteiger partial charge in [0.05, 0.1) is 11.3 Å². The van der Waals surface area contributed by atoms with Gasteiger partial charge in [-0.2, -0.15) is 0 Å². The van der Waals surface area contributed by atoms with Crippen LogP contribution in [0.3, 0.4) is 0 Å². The predicted molar refractivity (Wildman–Crippen MR) is 208 cm³/mol. The minimum atomic E-state index is 0. The summed E-state index contributed by atoms with van der Waals surface area (Å²) in [5, 5.41) is 6.26. The average molecular weight is 852 g/mol. The fourth-order valence-electron chi connectivity index (χ4n) is 8.25. The molecule has 0 aliphatic rings. The zero-order valence-corrected chi connectivity index (χ0v) is 31.3. The van der Waals surface area contributed by atoms with Crippen LogP contribution in [0.15, 0.2) is 122 Å². The molecule has 0 bridgehead atoms. The van der Waals surface area contributed by atoms with E-state index in [0.29, 0.717) is 11.5 Å². The van der Waals surface area contributed by atoms with Crippen LogP contribution in [-0.4, -0.2) is 18.8 Å². The number of hydrogen-bond acceptors (Lipinski definition) is 3. The molecule has 4 aromatic heterocycles. The number of fused-ring (bicyclic) bond motifs is 12. The van der Waals surface area contributed by atoms with Gasteiger partial charge in [-0.1, -0.05) is 119 Å². The van der Waals surface area contributed by atoms with Crippen LogP contribution >= 0.6 is 0 Å². The number of ether oxygens (including phenoxy) is 1. The Bertz CT molecular complexity index is 2820. The number of aromatic nitrogens is 4. The summed E-state index contributed by atoms with van der Waals surface area (Å²) in [6, 6.07) is 41.4. The Labute approximate surface area is 315 Å². The second kappa shape index (κ2) is 12.2. The average Bonchev–Trinajstić information content (AvgIpc) is 3.83. The first-order valence-corrected chi connectivity index (χ1v) is 17.2. The monoisotopic (exact) mass is 851 g/mol. The van der Waals surface area contributed by atoms with Gasteiger partial charge < -0.3 is 13.5 Å². The molecule has 10 rings (SSSR count). The number of rotatable bonds is 4. The maximum atomic E-state index is 6.53. The Morgan fingerprint density at radius 2 is 0.885 bits per heavy atom. The first-order valence-electron chi connectivity index (χ1n) is 17.2. The maximum Gasteiger partial charge on any atom is 2.00 e. The Morgan fingerprint density at radius 1 is 0.481 bits per heavy atom. The second-order valence-corrected chi connectivity index (χ2v) is 13.5. The molecular formula is C46H32N4OPt. The van der Waals surface area contributed by atoms with Crippen molar-refractivity contribution in [3.63, 3.8) is 0 Å². The summed E-state index contributed by atoms with van der Waals surface area (Å²) >= 11 is 0. The molecule has 0 amide bonds. The molecule has 0 N–H and O–H groups in total. The number of hydrogen-bond donors (Lipinski definition) is 0. The van der Waals surface area contributed by atoms with Crippen molar-refractivity contribution in [1.29, 1.82) is 0 Å². The third kappa shape index (κ3) is 4.73. The first-order chi connectivity index (χ1) is 25.0. The van der Waals surface area contributed by atoms with Gasteiger partial charge in [0.15, 0.2) is 0 Å². The SMILES string of the molecule is Cc1cccc(C)c1-c1cccc2c3ccc(Oc4[c-]c5c(cc4)c4cccc(-c6c(C)cccc6C)c4n4ccnc54)[c-]c3c3nccn3c12.[Pt+2]. The predicted octanol–water partition coefficient (Wildman–Crippen LogP) is 11.6. The van der Waals surface area contributed by atoms with Crippen LogP contribution in [0, 0.1) is 39.8 Å². The number of aryl methyl sites for hydroxylation is 4. The van der Waals surface area contributed by atoms with Crippen molar-refractivity contribution in [2.24, 2.45) is 0 Å². The molecule has 10 aromatic rings. The van der Waals surface area contributed by atoms with Crippen molar-refractivity contribution in [3.05, 3.63) is 156 Å². The third-order valence-corrected chi connectivity index (χ3v) is 10.4. The maximum absolute atomic E-state index is 6.53. The van der Waals surface area contributed by atoms with Crippen molar-refractivity contribution in [1.82, 2.24) is 18.8 Å². The molecule has 6 aromatic carbocycles. The summed E-state index contributed by atoms with van der Waals surface area (Å²) in [4.78, 5) is 9.64. The fraction of sp³-hybridized carbons (Fsp3) is 0.0870. The van der Waals surface area contributed by atoms with Crippen LogP contribution < -0.4 is 4.74 Å². The number of benzene rings is 6. The summed E-state index contributed by atoms with van der Waals surface area (Å²) in [6.45, 7) is 8.72. The molecule has 52 heavy (non-hydrogen) atoms. The summed E-state index contributed by atoms with van der Waals surface area (Å²) < 4.78 is 10.9. The molecule has 0 atom stereocenters. The van der Waals surface area contributed by atoms with Gasteiger partial charge >= 0.3 is 21.1 Å². The van der Waals surface area contributed by atoms with E-state index < -0.39 is 0 Å². The molecule has 0 aliphatic carbocycles. The quantitative estimate of drug-likeness (QED) is 0.131. The minimum absolute atomic E-state index is 0. The molecule has 0 radical (unpaired) electrons. The minimum Gasteiger partial charge on any atom is -0.497 e. The van der Waals surface area contributed by atoms with Crippen molar-refractivity contribution in [2.45, 2.75) is 27.7 Å². The van der Waals surface area contributed by atoms with Crippen LogP contribution in [-0.2, 0) is 21.1 Å². The molecule has 0 saturated carbocycles. The van der Waals surface area contributed by atoms with Gasteiger partial charge in [0, 0.05) is 58.4 Å². The Kier molecular flexibility index (Phi) is 7.53. The zero-order valence-electron chi connectivity index (χ0n) is 29.1. The van der Waals surface area contributed by atoms with Gasteiger partial charge in [-0.3, -0.25) is 9.97 Å². The summed E-state index contributed by atoms with van der Waals surface area (Å²) in [5.74, 6) is 1.21. The Balaban J connectivity index is 0.00000360. The van der Waals surface area contributed by atoms with Gasteiger partial charge in [0.25, 0.3) is 0 Å². The normalized spacial score (nSPS) is 11.7. The smallest absolute Gasteiger partial charge is 0.497 e. The second-order valence-electron chi connectivity index (χ2n) is 13.5. The van der Waals surface area contributed by atoms with Crippen molar-refractivity contribution < 1.29 is 25.8 Å². The number of nitrogens with zero attached hydrogens (tertiary/aromatic N) is 4. The number of pyridine rings is 2. The van der Waals surface area contributed by atoms with Crippen molar-refractivity contribution in [2.75, 3.05) is 0 Å². The fourth-order valence-corrected chi connectivity index (χ4v) is 8.25. The Hall–Kier alpha value is -5.77. The van der Waals surface area contributed by atoms with Crippen LogP contribution in [0.1, 0.15) is 22.3 Å². The van der Waals surface area contributed by atoms with Crippen molar-refractivity contribution >= 4 is 54.6 Å². The van der Waals surface area contributed by atoms with Gasteiger partial charge in [-0.25, -0.2) is 0 Å². The standard InChI is InChI=1S/C46H32N4O.Pt/c1-27-9-5-10-28(2)41(27)37-15-7-13-35-33-19-17-31(25-39(33)45-47-21-23-49(45)43(35)37)51-32-18-20-34-36-14-8-16-38(42-29(3)11-6-12-30(42)4)44(36)50-24-22-48-46(50)40(34)26-32;/h5-24H,1-4H3;/q-2;+2. The van der Waals surface area contributed by atoms with Crippen LogP contribution in [0.5, 0.6) is 11.5 Å². The summed E-state index contributed by atoms with van der Waals surface area (Å²) in [7, 11) is 0. The van der Waals surface area contributed by atoms with E-state index >= 15 is 0 Å². The van der Waals surface area contributed by atoms with E-state index in [1.54, 1.807) is 0 Å². The van der Waals surface area contributed by atoms with Gasteiger partial charge in [-0.15, -0.1) is 12.1 Å².